The molecule has 1 heterocycles. The summed E-state index contributed by atoms with van der Waals surface area (Å²) in [4.78, 5) is 0. The van der Waals surface area contributed by atoms with Gasteiger partial charge in [0.1, 0.15) is 0 Å². The van der Waals surface area contributed by atoms with Crippen molar-refractivity contribution in [3.63, 3.8) is 0 Å². The smallest absolute Gasteiger partial charge is 0.166 e. The van der Waals surface area contributed by atoms with Crippen molar-refractivity contribution in [2.24, 2.45) is 0 Å². The van der Waals surface area contributed by atoms with E-state index in [0.717, 1.165) is 6.54 Å². The molecule has 3 heteroatoms. The Morgan fingerprint density at radius 1 is 1.88 bits per heavy atom. The van der Waals surface area contributed by atoms with Crippen molar-refractivity contribution in [3.8, 4) is 0 Å². The van der Waals surface area contributed by atoms with Crippen molar-refractivity contribution in [2.45, 2.75) is 13.5 Å². The minimum absolute atomic E-state index is 0.340. The predicted octanol–water partition coefficient (Wildman–Crippen LogP) is 0.817. The Kier molecular flexibility index (Phi) is 1.20. The van der Waals surface area contributed by atoms with Crippen molar-refractivity contribution in [1.29, 1.82) is 0 Å². The van der Waals surface area contributed by atoms with Crippen LogP contribution in [0.2, 0.25) is 0 Å². The molecule has 3 nitrogen and oxygen atoms in total. The lowest BCUT2D eigenvalue weighted by Gasteiger charge is -1.88. The summed E-state index contributed by atoms with van der Waals surface area (Å²) in [7, 11) is 0. The van der Waals surface area contributed by atoms with E-state index in [1.54, 1.807) is 16.9 Å². The summed E-state index contributed by atoms with van der Waals surface area (Å²) < 4.78 is 1.72. The summed E-state index contributed by atoms with van der Waals surface area (Å²) in [5.41, 5.74) is 6.99. The first kappa shape index (κ1) is 5.15. The molecule has 0 unspecified atom stereocenters. The molecule has 1 radical (unpaired) electrons. The highest BCUT2D eigenvalue weighted by atomic mass is 15.3. The number of rotatable bonds is 1. The second kappa shape index (κ2) is 1.86. The Morgan fingerprint density at radius 2 is 2.62 bits per heavy atom. The van der Waals surface area contributed by atoms with E-state index >= 15 is 0 Å². The highest BCUT2D eigenvalue weighted by Gasteiger charge is 1.87. The van der Waals surface area contributed by atoms with Crippen LogP contribution < -0.4 is 5.73 Å². The third-order valence-electron chi connectivity index (χ3n) is 0.965. The van der Waals surface area contributed by atoms with Gasteiger partial charge in [-0.05, 0) is 6.92 Å². The summed E-state index contributed by atoms with van der Waals surface area (Å²) in [5, 5.41) is 3.81. The number of aromatic nitrogens is 2. The summed E-state index contributed by atoms with van der Waals surface area (Å²) in [6, 6.07) is 1.67. The molecule has 0 amide bonds. The lowest BCUT2D eigenvalue weighted by Crippen LogP contribution is -1.92. The van der Waals surface area contributed by atoms with Crippen molar-refractivity contribution in [1.82, 2.24) is 15.5 Å². The molecule has 8 heavy (non-hydrogen) atoms. The molecule has 0 aliphatic heterocycles. The van der Waals surface area contributed by atoms with Crippen molar-refractivity contribution in [3.05, 3.63) is 12.3 Å². The molecule has 0 atom stereocenters. The van der Waals surface area contributed by atoms with Crippen LogP contribution >= 0.6 is 0 Å². The quantitative estimate of drug-likeness (QED) is 0.527. The van der Waals surface area contributed by atoms with Crippen LogP contribution in [0.25, 0.3) is 0 Å². The molecular formula is C5H8N3. The molecule has 1 aromatic heterocycles. The molecule has 0 saturated heterocycles. The highest BCUT2D eigenvalue weighted by Crippen LogP contribution is 1.95. The molecule has 0 aliphatic rings. The third-order valence-corrected chi connectivity index (χ3v) is 0.965. The topological polar surface area (TPSA) is 41.6 Å². The van der Waals surface area contributed by atoms with Crippen LogP contribution in [-0.4, -0.2) is 9.78 Å². The number of hydrogen-bond acceptors (Lipinski definition) is 1. The molecule has 43 valence electrons. The zero-order chi connectivity index (χ0) is 5.98. The van der Waals surface area contributed by atoms with Gasteiger partial charge < -0.3 is 0 Å². The highest BCUT2D eigenvalue weighted by molar-refractivity contribution is 5.18. The summed E-state index contributed by atoms with van der Waals surface area (Å²) >= 11 is 0. The van der Waals surface area contributed by atoms with Gasteiger partial charge in [0.25, 0.3) is 0 Å². The summed E-state index contributed by atoms with van der Waals surface area (Å²) in [6.07, 6.45) is 1.79. The monoisotopic (exact) mass is 110 g/mol. The fraction of sp³-hybridized carbons (Fsp3) is 0.400. The summed E-state index contributed by atoms with van der Waals surface area (Å²) in [5.74, 6) is 0.340. The Hall–Kier alpha value is -0.990. The Bertz CT molecular complexity index is 168. The van der Waals surface area contributed by atoms with E-state index < -0.39 is 0 Å². The first-order valence-corrected chi connectivity index (χ1v) is 2.58. The zero-order valence-electron chi connectivity index (χ0n) is 4.76. The molecule has 0 bridgehead atoms. The molecule has 0 saturated carbocycles. The van der Waals surface area contributed by atoms with Gasteiger partial charge in [0.2, 0.25) is 0 Å². The molecule has 0 aromatic carbocycles. The van der Waals surface area contributed by atoms with Gasteiger partial charge in [-0.15, -0.1) is 0 Å². The van der Waals surface area contributed by atoms with Gasteiger partial charge in [-0.25, -0.2) is 0 Å². The average molecular weight is 110 g/mol. The normalized spacial score (nSPS) is 9.62. The molecular weight excluding hydrogens is 102 g/mol. The van der Waals surface area contributed by atoms with E-state index in [2.05, 4.69) is 5.10 Å². The van der Waals surface area contributed by atoms with Crippen molar-refractivity contribution >= 4 is 5.82 Å². The predicted molar refractivity (Wildman–Crippen MR) is 30.7 cm³/mol. The molecule has 0 aliphatic carbocycles. The van der Waals surface area contributed by atoms with Gasteiger partial charge in [-0.3, -0.25) is 10.4 Å². The fourth-order valence-electron chi connectivity index (χ4n) is 0.538. The Morgan fingerprint density at radius 3 is 2.88 bits per heavy atom. The van der Waals surface area contributed by atoms with Crippen LogP contribution in [0.15, 0.2) is 12.3 Å². The van der Waals surface area contributed by atoms with E-state index in [9.17, 15) is 0 Å². The zero-order valence-corrected chi connectivity index (χ0v) is 4.76. The lowest BCUT2D eigenvalue weighted by atomic mass is 10.7. The molecule has 0 fully saturated rings. The van der Waals surface area contributed by atoms with Gasteiger partial charge in [0, 0.05) is 18.8 Å². The van der Waals surface area contributed by atoms with Gasteiger partial charge in [0.15, 0.2) is 5.82 Å². The van der Waals surface area contributed by atoms with E-state index in [1.165, 1.54) is 0 Å². The third kappa shape index (κ3) is 0.804. The van der Waals surface area contributed by atoms with Crippen LogP contribution in [0.4, 0.5) is 5.82 Å². The van der Waals surface area contributed by atoms with E-state index in [-0.39, 0.29) is 0 Å². The minimum Gasteiger partial charge on any atom is -0.281 e. The van der Waals surface area contributed by atoms with Crippen molar-refractivity contribution in [2.75, 3.05) is 0 Å². The standard InChI is InChI=1S/C5H8N3/c1-2-8-4-3-5(6)7-8/h3-4,6H,2H2,1H3. The first-order chi connectivity index (χ1) is 3.83. The van der Waals surface area contributed by atoms with Crippen LogP contribution in [0.3, 0.4) is 0 Å². The van der Waals surface area contributed by atoms with E-state index in [1.807, 2.05) is 6.92 Å². The molecule has 0 spiro atoms. The minimum atomic E-state index is 0.340. The van der Waals surface area contributed by atoms with Crippen molar-refractivity contribution < 1.29 is 0 Å². The van der Waals surface area contributed by atoms with Crippen LogP contribution in [0.1, 0.15) is 6.92 Å². The Balaban J connectivity index is 2.84. The largest absolute Gasteiger partial charge is 0.281 e. The van der Waals surface area contributed by atoms with Crippen LogP contribution in [0.5, 0.6) is 0 Å². The second-order valence-corrected chi connectivity index (χ2v) is 1.56. The maximum atomic E-state index is 6.99. The SMILES string of the molecule is CCn1ccc([NH])n1. The van der Waals surface area contributed by atoms with Gasteiger partial charge >= 0.3 is 0 Å². The van der Waals surface area contributed by atoms with Gasteiger partial charge in [-0.2, -0.15) is 5.10 Å². The van der Waals surface area contributed by atoms with E-state index in [4.69, 9.17) is 5.73 Å². The van der Waals surface area contributed by atoms with Gasteiger partial charge in [0.05, 0.1) is 0 Å². The molecule has 1 aromatic rings. The van der Waals surface area contributed by atoms with Crippen LogP contribution in [0, 0.1) is 0 Å². The van der Waals surface area contributed by atoms with Gasteiger partial charge in [-0.1, -0.05) is 0 Å². The summed E-state index contributed by atoms with van der Waals surface area (Å²) in [6.45, 7) is 2.84. The number of nitrogens with one attached hydrogen (secondary N) is 1. The first-order valence-electron chi connectivity index (χ1n) is 2.58. The number of aryl methyl sites for hydroxylation is 1. The van der Waals surface area contributed by atoms with E-state index in [0.29, 0.717) is 5.82 Å². The number of nitrogens with zero attached hydrogens (tertiary/aromatic N) is 2. The van der Waals surface area contributed by atoms with Crippen LogP contribution in [-0.2, 0) is 6.54 Å². The maximum absolute atomic E-state index is 6.99. The number of hydrogen-bond donors (Lipinski definition) is 0. The average Bonchev–Trinajstić information content (AvgIpc) is 2.14. The maximum Gasteiger partial charge on any atom is 0.166 e. The molecule has 1 rings (SSSR count). The lowest BCUT2D eigenvalue weighted by molar-refractivity contribution is 0.660. The Labute approximate surface area is 48.1 Å². The second-order valence-electron chi connectivity index (χ2n) is 1.56. The fourth-order valence-corrected chi connectivity index (χ4v) is 0.538. The molecule has 1 N–H and O–H groups in total.